The highest BCUT2D eigenvalue weighted by Crippen LogP contribution is 2.17. The van der Waals surface area contributed by atoms with Crippen molar-refractivity contribution < 1.29 is 4.74 Å². The van der Waals surface area contributed by atoms with Gasteiger partial charge in [0.2, 0.25) is 0 Å². The lowest BCUT2D eigenvalue weighted by atomic mass is 10.3. The van der Waals surface area contributed by atoms with Crippen LogP contribution in [0.2, 0.25) is 0 Å². The van der Waals surface area contributed by atoms with E-state index in [1.165, 1.54) is 6.42 Å². The number of anilines is 1. The van der Waals surface area contributed by atoms with Crippen LogP contribution < -0.4 is 10.1 Å². The average Bonchev–Trinajstić information content (AvgIpc) is 2.74. The molecule has 0 radical (unpaired) electrons. The maximum absolute atomic E-state index is 5.37. The van der Waals surface area contributed by atoms with Gasteiger partial charge in [0.1, 0.15) is 11.6 Å². The summed E-state index contributed by atoms with van der Waals surface area (Å²) >= 11 is 0. The molecular formula is C12H16N2O. The quantitative estimate of drug-likeness (QED) is 0.821. The summed E-state index contributed by atoms with van der Waals surface area (Å²) < 4.78 is 5.37. The minimum absolute atomic E-state index is 0.708. The van der Waals surface area contributed by atoms with Crippen LogP contribution in [0.4, 0.5) is 5.69 Å². The Kier molecular flexibility index (Phi) is 3.22. The van der Waals surface area contributed by atoms with Crippen LogP contribution in [0.25, 0.3) is 0 Å². The van der Waals surface area contributed by atoms with E-state index in [0.29, 0.717) is 6.61 Å². The van der Waals surface area contributed by atoms with Crippen molar-refractivity contribution in [3.8, 4) is 5.75 Å². The van der Waals surface area contributed by atoms with Gasteiger partial charge in [-0.1, -0.05) is 0 Å². The van der Waals surface area contributed by atoms with Crippen LogP contribution in [0.3, 0.4) is 0 Å². The number of aliphatic imine (C=N–C) groups is 1. The summed E-state index contributed by atoms with van der Waals surface area (Å²) in [6.07, 6.45) is 2.23. The number of benzene rings is 1. The van der Waals surface area contributed by atoms with Crippen LogP contribution in [0.1, 0.15) is 19.8 Å². The zero-order chi connectivity index (χ0) is 10.5. The van der Waals surface area contributed by atoms with Gasteiger partial charge in [0.05, 0.1) is 6.61 Å². The highest BCUT2D eigenvalue weighted by molar-refractivity contribution is 5.96. The third-order valence-electron chi connectivity index (χ3n) is 2.33. The second kappa shape index (κ2) is 4.82. The molecule has 1 N–H and O–H groups in total. The molecule has 0 atom stereocenters. The molecular weight excluding hydrogens is 188 g/mol. The lowest BCUT2D eigenvalue weighted by Gasteiger charge is -2.07. The van der Waals surface area contributed by atoms with E-state index in [1.807, 2.05) is 31.2 Å². The van der Waals surface area contributed by atoms with Gasteiger partial charge >= 0.3 is 0 Å². The average molecular weight is 204 g/mol. The van der Waals surface area contributed by atoms with Gasteiger partial charge in [0.25, 0.3) is 0 Å². The Balaban J connectivity index is 1.97. The van der Waals surface area contributed by atoms with E-state index >= 15 is 0 Å². The predicted octanol–water partition coefficient (Wildman–Crippen LogP) is 2.69. The standard InChI is InChI=1S/C12H16N2O/c1-2-15-11-7-5-10(6-8-11)14-12-4-3-9-13-12/h5-8H,2-4,9H2,1H3,(H,13,14). The third kappa shape index (κ3) is 2.72. The minimum Gasteiger partial charge on any atom is -0.494 e. The zero-order valence-corrected chi connectivity index (χ0v) is 8.99. The highest BCUT2D eigenvalue weighted by atomic mass is 16.5. The molecule has 80 valence electrons. The maximum Gasteiger partial charge on any atom is 0.119 e. The van der Waals surface area contributed by atoms with E-state index in [-0.39, 0.29) is 0 Å². The van der Waals surface area contributed by atoms with Gasteiger partial charge in [0.15, 0.2) is 0 Å². The molecule has 0 saturated carbocycles. The molecule has 1 aliphatic heterocycles. The first kappa shape index (κ1) is 10.0. The molecule has 0 aliphatic carbocycles. The fourth-order valence-electron chi connectivity index (χ4n) is 1.61. The van der Waals surface area contributed by atoms with Gasteiger partial charge in [0, 0.05) is 18.7 Å². The number of rotatable bonds is 3. The normalized spacial score (nSPS) is 14.9. The Morgan fingerprint density at radius 1 is 1.33 bits per heavy atom. The van der Waals surface area contributed by atoms with Crippen molar-refractivity contribution in [3.05, 3.63) is 24.3 Å². The molecule has 2 rings (SSSR count). The molecule has 1 aromatic carbocycles. The summed E-state index contributed by atoms with van der Waals surface area (Å²) in [6.45, 7) is 3.65. The largest absolute Gasteiger partial charge is 0.494 e. The van der Waals surface area contributed by atoms with Crippen LogP contribution in [0.15, 0.2) is 29.3 Å². The molecule has 0 fully saturated rings. The summed E-state index contributed by atoms with van der Waals surface area (Å²) in [5.74, 6) is 2.01. The van der Waals surface area contributed by atoms with Crippen LogP contribution in [-0.4, -0.2) is 19.0 Å². The summed E-state index contributed by atoms with van der Waals surface area (Å²) in [5, 5.41) is 3.30. The molecule has 0 spiro atoms. The molecule has 0 unspecified atom stereocenters. The van der Waals surface area contributed by atoms with Crippen molar-refractivity contribution in [1.82, 2.24) is 0 Å². The fourth-order valence-corrected chi connectivity index (χ4v) is 1.61. The van der Waals surface area contributed by atoms with Crippen molar-refractivity contribution in [1.29, 1.82) is 0 Å². The van der Waals surface area contributed by atoms with Crippen molar-refractivity contribution >= 4 is 11.5 Å². The van der Waals surface area contributed by atoms with Crippen molar-refractivity contribution in [3.63, 3.8) is 0 Å². The molecule has 1 heterocycles. The SMILES string of the molecule is CCOc1ccc(NC2=NCCC2)cc1. The summed E-state index contributed by atoms with van der Waals surface area (Å²) in [4.78, 5) is 4.36. The summed E-state index contributed by atoms with van der Waals surface area (Å²) in [5.41, 5.74) is 1.08. The number of ether oxygens (including phenoxy) is 1. The topological polar surface area (TPSA) is 33.6 Å². The predicted molar refractivity (Wildman–Crippen MR) is 62.8 cm³/mol. The lowest BCUT2D eigenvalue weighted by molar-refractivity contribution is 0.340. The molecule has 1 aromatic rings. The minimum atomic E-state index is 0.708. The van der Waals surface area contributed by atoms with E-state index in [0.717, 1.165) is 30.2 Å². The Hall–Kier alpha value is -1.51. The molecule has 3 nitrogen and oxygen atoms in total. The molecule has 15 heavy (non-hydrogen) atoms. The van der Waals surface area contributed by atoms with E-state index in [9.17, 15) is 0 Å². The smallest absolute Gasteiger partial charge is 0.119 e. The number of hydrogen-bond donors (Lipinski definition) is 1. The Morgan fingerprint density at radius 3 is 2.73 bits per heavy atom. The Labute approximate surface area is 90.2 Å². The molecule has 0 amide bonds. The van der Waals surface area contributed by atoms with E-state index in [1.54, 1.807) is 0 Å². The highest BCUT2D eigenvalue weighted by Gasteiger charge is 2.05. The van der Waals surface area contributed by atoms with E-state index in [2.05, 4.69) is 10.3 Å². The first-order valence-electron chi connectivity index (χ1n) is 5.41. The van der Waals surface area contributed by atoms with Gasteiger partial charge in [-0.15, -0.1) is 0 Å². The number of nitrogens with one attached hydrogen (secondary N) is 1. The first-order valence-corrected chi connectivity index (χ1v) is 5.41. The van der Waals surface area contributed by atoms with E-state index in [4.69, 9.17) is 4.74 Å². The second-order valence-electron chi connectivity index (χ2n) is 3.51. The molecule has 0 bridgehead atoms. The zero-order valence-electron chi connectivity index (χ0n) is 8.99. The monoisotopic (exact) mass is 204 g/mol. The number of nitrogens with zero attached hydrogens (tertiary/aromatic N) is 1. The van der Waals surface area contributed by atoms with Gasteiger partial charge in [-0.05, 0) is 37.6 Å². The van der Waals surface area contributed by atoms with Crippen LogP contribution in [0.5, 0.6) is 5.75 Å². The fraction of sp³-hybridized carbons (Fsp3) is 0.417. The molecule has 1 aliphatic rings. The van der Waals surface area contributed by atoms with Crippen LogP contribution in [0, 0.1) is 0 Å². The van der Waals surface area contributed by atoms with E-state index < -0.39 is 0 Å². The number of hydrogen-bond acceptors (Lipinski definition) is 3. The Morgan fingerprint density at radius 2 is 2.13 bits per heavy atom. The van der Waals surface area contributed by atoms with Crippen molar-refractivity contribution in [2.24, 2.45) is 4.99 Å². The molecule has 0 aromatic heterocycles. The van der Waals surface area contributed by atoms with Crippen molar-refractivity contribution in [2.75, 3.05) is 18.5 Å². The lowest BCUT2D eigenvalue weighted by Crippen LogP contribution is -2.07. The summed E-state index contributed by atoms with van der Waals surface area (Å²) in [7, 11) is 0. The molecule has 0 saturated heterocycles. The van der Waals surface area contributed by atoms with Crippen LogP contribution in [-0.2, 0) is 0 Å². The summed E-state index contributed by atoms with van der Waals surface area (Å²) in [6, 6.07) is 7.99. The van der Waals surface area contributed by atoms with Gasteiger partial charge in [-0.3, -0.25) is 4.99 Å². The first-order chi connectivity index (χ1) is 7.38. The maximum atomic E-state index is 5.37. The van der Waals surface area contributed by atoms with Gasteiger partial charge in [-0.2, -0.15) is 0 Å². The van der Waals surface area contributed by atoms with Gasteiger partial charge < -0.3 is 10.1 Å². The third-order valence-corrected chi connectivity index (χ3v) is 2.33. The Bertz CT molecular complexity index is 343. The second-order valence-corrected chi connectivity index (χ2v) is 3.51. The van der Waals surface area contributed by atoms with Gasteiger partial charge in [-0.25, -0.2) is 0 Å². The van der Waals surface area contributed by atoms with Crippen molar-refractivity contribution in [2.45, 2.75) is 19.8 Å². The molecule has 3 heteroatoms. The van der Waals surface area contributed by atoms with Crippen LogP contribution >= 0.6 is 0 Å². The number of amidine groups is 1.